The van der Waals surface area contributed by atoms with Crippen molar-refractivity contribution in [3.63, 3.8) is 0 Å². The molecule has 0 bridgehead atoms. The molecule has 0 saturated carbocycles. The predicted molar refractivity (Wildman–Crippen MR) is 94.4 cm³/mol. The summed E-state index contributed by atoms with van der Waals surface area (Å²) < 4.78 is 4.67. The molecule has 24 heavy (non-hydrogen) atoms. The summed E-state index contributed by atoms with van der Waals surface area (Å²) >= 11 is 5.89. The Morgan fingerprint density at radius 1 is 1.08 bits per heavy atom. The van der Waals surface area contributed by atoms with Gasteiger partial charge in [-0.1, -0.05) is 29.8 Å². The van der Waals surface area contributed by atoms with Crippen LogP contribution in [0.1, 0.15) is 29.8 Å². The summed E-state index contributed by atoms with van der Waals surface area (Å²) in [5.74, 6) is -0.458. The van der Waals surface area contributed by atoms with Gasteiger partial charge in [0, 0.05) is 10.7 Å². The van der Waals surface area contributed by atoms with E-state index in [0.29, 0.717) is 16.3 Å². The second-order valence-electron chi connectivity index (χ2n) is 5.78. The molecule has 5 nitrogen and oxygen atoms in total. The van der Waals surface area contributed by atoms with Gasteiger partial charge in [-0.25, -0.2) is 9.59 Å². The molecule has 0 heterocycles. The molecule has 0 aliphatic heterocycles. The molecule has 2 N–H and O–H groups in total. The van der Waals surface area contributed by atoms with Crippen LogP contribution in [0.15, 0.2) is 48.5 Å². The van der Waals surface area contributed by atoms with Crippen molar-refractivity contribution in [2.24, 2.45) is 0 Å². The molecule has 0 aliphatic carbocycles. The minimum atomic E-state index is -0.589. The second-order valence-corrected chi connectivity index (χ2v) is 6.22. The summed E-state index contributed by atoms with van der Waals surface area (Å²) in [7, 11) is 1.31. The Labute approximate surface area is 146 Å². The number of carbonyl (C=O) groups is 2. The van der Waals surface area contributed by atoms with Crippen molar-refractivity contribution in [3.05, 3.63) is 64.7 Å². The molecule has 0 aromatic heterocycles. The number of benzene rings is 2. The molecule has 0 spiro atoms. The summed E-state index contributed by atoms with van der Waals surface area (Å²) in [6, 6.07) is 13.4. The zero-order valence-corrected chi connectivity index (χ0v) is 14.5. The molecule has 0 aliphatic rings. The topological polar surface area (TPSA) is 67.4 Å². The zero-order valence-electron chi connectivity index (χ0n) is 13.7. The fourth-order valence-corrected chi connectivity index (χ4v) is 2.35. The number of esters is 1. The van der Waals surface area contributed by atoms with Crippen LogP contribution in [0.2, 0.25) is 5.02 Å². The van der Waals surface area contributed by atoms with Gasteiger partial charge >= 0.3 is 12.0 Å². The van der Waals surface area contributed by atoms with Gasteiger partial charge in [-0.15, -0.1) is 0 Å². The van der Waals surface area contributed by atoms with Crippen LogP contribution in [0.5, 0.6) is 0 Å². The zero-order chi connectivity index (χ0) is 17.7. The lowest BCUT2D eigenvalue weighted by molar-refractivity contribution is 0.0600. The van der Waals surface area contributed by atoms with Crippen LogP contribution in [0.4, 0.5) is 10.5 Å². The number of ether oxygens (including phenoxy) is 1. The first-order valence-electron chi connectivity index (χ1n) is 7.35. The Bertz CT molecular complexity index is 742. The van der Waals surface area contributed by atoms with Gasteiger partial charge < -0.3 is 15.4 Å². The molecule has 0 saturated heterocycles. The van der Waals surface area contributed by atoms with Crippen LogP contribution in [0.25, 0.3) is 0 Å². The summed E-state index contributed by atoms with van der Waals surface area (Å²) in [4.78, 5) is 23.8. The van der Waals surface area contributed by atoms with Gasteiger partial charge in [0.15, 0.2) is 0 Å². The largest absolute Gasteiger partial charge is 0.465 e. The fourth-order valence-electron chi connectivity index (χ4n) is 2.23. The molecule has 0 radical (unpaired) electrons. The number of methoxy groups -OCH3 is 1. The number of amides is 2. The average molecular weight is 347 g/mol. The highest BCUT2D eigenvalue weighted by Crippen LogP contribution is 2.22. The maximum atomic E-state index is 12.3. The molecule has 0 fully saturated rings. The monoisotopic (exact) mass is 346 g/mol. The quantitative estimate of drug-likeness (QED) is 0.816. The SMILES string of the molecule is COC(=O)c1cccc(NC(=O)NC(C)(C)c2ccc(Cl)cc2)c1. The van der Waals surface area contributed by atoms with E-state index >= 15 is 0 Å². The van der Waals surface area contributed by atoms with E-state index in [1.165, 1.54) is 7.11 Å². The molecular formula is C18H19ClN2O3. The van der Waals surface area contributed by atoms with Crippen molar-refractivity contribution >= 4 is 29.3 Å². The summed E-state index contributed by atoms with van der Waals surface area (Å²) in [5, 5.41) is 6.25. The molecule has 0 atom stereocenters. The van der Waals surface area contributed by atoms with Crippen molar-refractivity contribution < 1.29 is 14.3 Å². The average Bonchev–Trinajstić information content (AvgIpc) is 2.54. The molecule has 2 amide bonds. The highest BCUT2D eigenvalue weighted by molar-refractivity contribution is 6.30. The Kier molecular flexibility index (Phi) is 5.46. The lowest BCUT2D eigenvalue weighted by Gasteiger charge is -2.27. The van der Waals surface area contributed by atoms with Gasteiger partial charge in [-0.05, 0) is 49.7 Å². The molecule has 0 unspecified atom stereocenters. The van der Waals surface area contributed by atoms with Crippen LogP contribution in [0.3, 0.4) is 0 Å². The second kappa shape index (κ2) is 7.36. The van der Waals surface area contributed by atoms with E-state index in [9.17, 15) is 9.59 Å². The number of hydrogen-bond acceptors (Lipinski definition) is 3. The van der Waals surface area contributed by atoms with Gasteiger partial charge in [-0.2, -0.15) is 0 Å². The van der Waals surface area contributed by atoms with Crippen LogP contribution < -0.4 is 10.6 Å². The third-order valence-corrected chi connectivity index (χ3v) is 3.79. The van der Waals surface area contributed by atoms with E-state index in [-0.39, 0.29) is 6.03 Å². The number of halogens is 1. The van der Waals surface area contributed by atoms with E-state index in [2.05, 4.69) is 15.4 Å². The van der Waals surface area contributed by atoms with Crippen molar-refractivity contribution in [1.82, 2.24) is 5.32 Å². The lowest BCUT2D eigenvalue weighted by atomic mass is 9.94. The van der Waals surface area contributed by atoms with E-state index in [1.807, 2.05) is 26.0 Å². The Hall–Kier alpha value is -2.53. The van der Waals surface area contributed by atoms with E-state index in [1.54, 1.807) is 36.4 Å². The molecular weight excluding hydrogens is 328 g/mol. The highest BCUT2D eigenvalue weighted by Gasteiger charge is 2.22. The maximum Gasteiger partial charge on any atom is 0.337 e. The van der Waals surface area contributed by atoms with Crippen LogP contribution in [0, 0.1) is 0 Å². The number of carbonyl (C=O) groups excluding carboxylic acids is 2. The van der Waals surface area contributed by atoms with E-state index in [4.69, 9.17) is 11.6 Å². The summed E-state index contributed by atoms with van der Waals surface area (Å²) in [5.41, 5.74) is 1.20. The van der Waals surface area contributed by atoms with Crippen molar-refractivity contribution in [2.45, 2.75) is 19.4 Å². The van der Waals surface area contributed by atoms with E-state index in [0.717, 1.165) is 5.56 Å². The molecule has 2 rings (SSSR count). The van der Waals surface area contributed by atoms with Gasteiger partial charge in [0.1, 0.15) is 0 Å². The normalized spacial score (nSPS) is 10.8. The third-order valence-electron chi connectivity index (χ3n) is 3.53. The molecule has 6 heteroatoms. The van der Waals surface area contributed by atoms with E-state index < -0.39 is 11.5 Å². The first-order chi connectivity index (χ1) is 11.3. The summed E-state index contributed by atoms with van der Waals surface area (Å²) in [6.45, 7) is 3.78. The molecule has 2 aromatic rings. The number of hydrogen-bond donors (Lipinski definition) is 2. The lowest BCUT2D eigenvalue weighted by Crippen LogP contribution is -2.43. The van der Waals surface area contributed by atoms with Crippen LogP contribution >= 0.6 is 11.6 Å². The number of rotatable bonds is 4. The molecule has 126 valence electrons. The fraction of sp³-hybridized carbons (Fsp3) is 0.222. The summed E-state index contributed by atoms with van der Waals surface area (Å²) in [6.07, 6.45) is 0. The van der Waals surface area contributed by atoms with Gasteiger partial charge in [0.2, 0.25) is 0 Å². The van der Waals surface area contributed by atoms with Gasteiger partial charge in [-0.3, -0.25) is 0 Å². The van der Waals surface area contributed by atoms with Crippen molar-refractivity contribution in [1.29, 1.82) is 0 Å². The van der Waals surface area contributed by atoms with Crippen molar-refractivity contribution in [2.75, 3.05) is 12.4 Å². The number of nitrogens with one attached hydrogen (secondary N) is 2. The smallest absolute Gasteiger partial charge is 0.337 e. The van der Waals surface area contributed by atoms with Crippen LogP contribution in [-0.4, -0.2) is 19.1 Å². The Balaban J connectivity index is 2.07. The van der Waals surface area contributed by atoms with Gasteiger partial charge in [0.25, 0.3) is 0 Å². The van der Waals surface area contributed by atoms with Crippen molar-refractivity contribution in [3.8, 4) is 0 Å². The number of urea groups is 1. The highest BCUT2D eigenvalue weighted by atomic mass is 35.5. The minimum absolute atomic E-state index is 0.368. The Morgan fingerprint density at radius 2 is 1.75 bits per heavy atom. The standard InChI is InChI=1S/C18H19ClN2O3/c1-18(2,13-7-9-14(19)10-8-13)21-17(23)20-15-6-4-5-12(11-15)16(22)24-3/h4-11H,1-3H3,(H2,20,21,23). The third kappa shape index (κ3) is 4.49. The predicted octanol–water partition coefficient (Wildman–Crippen LogP) is 4.18. The first-order valence-corrected chi connectivity index (χ1v) is 7.73. The first kappa shape index (κ1) is 17.8. The maximum absolute atomic E-state index is 12.3. The number of anilines is 1. The Morgan fingerprint density at radius 3 is 2.38 bits per heavy atom. The van der Waals surface area contributed by atoms with Crippen LogP contribution in [-0.2, 0) is 10.3 Å². The minimum Gasteiger partial charge on any atom is -0.465 e. The van der Waals surface area contributed by atoms with Gasteiger partial charge in [0.05, 0.1) is 18.2 Å². The molecule has 2 aromatic carbocycles.